The Morgan fingerprint density at radius 1 is 1.64 bits per heavy atom. The average molecular weight is 154 g/mol. The van der Waals surface area contributed by atoms with Gasteiger partial charge in [0.2, 0.25) is 0 Å². The maximum Gasteiger partial charge on any atom is 0.0527 e. The zero-order valence-corrected chi connectivity index (χ0v) is 7.20. The third-order valence-corrected chi connectivity index (χ3v) is 1.88. The predicted molar refractivity (Wildman–Crippen MR) is 43.3 cm³/mol. The van der Waals surface area contributed by atoms with Gasteiger partial charge in [-0.2, -0.15) is 5.10 Å². The second-order valence-electron chi connectivity index (χ2n) is 3.44. The van der Waals surface area contributed by atoms with Gasteiger partial charge < -0.3 is 5.11 Å². The van der Waals surface area contributed by atoms with Crippen LogP contribution in [0.2, 0.25) is 0 Å². The summed E-state index contributed by atoms with van der Waals surface area (Å²) in [5, 5.41) is 13.1. The number of nitrogens with zero attached hydrogens (tertiary/aromatic N) is 2. The number of hydrogen-bond donors (Lipinski definition) is 1. The highest BCUT2D eigenvalue weighted by molar-refractivity contribution is 5.16. The van der Waals surface area contributed by atoms with E-state index in [0.717, 1.165) is 5.56 Å². The van der Waals surface area contributed by atoms with Gasteiger partial charge in [-0.3, -0.25) is 4.68 Å². The summed E-state index contributed by atoms with van der Waals surface area (Å²) in [7, 11) is 1.87. The molecule has 0 bridgehead atoms. The molecule has 3 heteroatoms. The summed E-state index contributed by atoms with van der Waals surface area (Å²) in [6.07, 6.45) is 3.71. The van der Waals surface area contributed by atoms with Crippen LogP contribution in [0.1, 0.15) is 19.4 Å². The van der Waals surface area contributed by atoms with Crippen molar-refractivity contribution >= 4 is 0 Å². The third-order valence-electron chi connectivity index (χ3n) is 1.88. The molecule has 0 radical (unpaired) electrons. The van der Waals surface area contributed by atoms with Crippen molar-refractivity contribution in [1.82, 2.24) is 9.78 Å². The lowest BCUT2D eigenvalue weighted by Crippen LogP contribution is -2.21. The van der Waals surface area contributed by atoms with E-state index in [9.17, 15) is 0 Å². The van der Waals surface area contributed by atoms with Crippen LogP contribution in [0.25, 0.3) is 0 Å². The van der Waals surface area contributed by atoms with Crippen LogP contribution in [0, 0.1) is 0 Å². The Balaban J connectivity index is 2.92. The van der Waals surface area contributed by atoms with Crippen molar-refractivity contribution in [1.29, 1.82) is 0 Å². The zero-order valence-electron chi connectivity index (χ0n) is 7.20. The first kappa shape index (κ1) is 8.27. The predicted octanol–water partition coefficient (Wildman–Crippen LogP) is 0.690. The molecule has 0 aliphatic carbocycles. The lowest BCUT2D eigenvalue weighted by atomic mass is 9.88. The van der Waals surface area contributed by atoms with E-state index >= 15 is 0 Å². The van der Waals surface area contributed by atoms with Gasteiger partial charge in [0.25, 0.3) is 0 Å². The van der Waals surface area contributed by atoms with Crippen LogP contribution >= 0.6 is 0 Å². The number of aliphatic hydroxyl groups excluding tert-OH is 1. The van der Waals surface area contributed by atoms with E-state index in [2.05, 4.69) is 5.10 Å². The molecule has 0 spiro atoms. The minimum atomic E-state index is -0.172. The molecule has 1 heterocycles. The lowest BCUT2D eigenvalue weighted by molar-refractivity contribution is 0.218. The first-order chi connectivity index (χ1) is 5.06. The van der Waals surface area contributed by atoms with E-state index in [1.165, 1.54) is 0 Å². The molecule has 1 aromatic heterocycles. The van der Waals surface area contributed by atoms with E-state index in [1.54, 1.807) is 10.9 Å². The molecule has 0 saturated heterocycles. The van der Waals surface area contributed by atoms with Crippen LogP contribution < -0.4 is 0 Å². The second kappa shape index (κ2) is 2.66. The van der Waals surface area contributed by atoms with Crippen LogP contribution in [0.15, 0.2) is 12.4 Å². The molecule has 3 nitrogen and oxygen atoms in total. The molecule has 0 aliphatic rings. The van der Waals surface area contributed by atoms with Crippen LogP contribution in [-0.2, 0) is 12.5 Å². The first-order valence-electron chi connectivity index (χ1n) is 3.66. The van der Waals surface area contributed by atoms with Crippen molar-refractivity contribution in [2.45, 2.75) is 19.3 Å². The highest BCUT2D eigenvalue weighted by atomic mass is 16.3. The van der Waals surface area contributed by atoms with Crippen molar-refractivity contribution in [2.24, 2.45) is 7.05 Å². The molecular weight excluding hydrogens is 140 g/mol. The highest BCUT2D eigenvalue weighted by Gasteiger charge is 2.20. The summed E-state index contributed by atoms with van der Waals surface area (Å²) in [6, 6.07) is 0. The average Bonchev–Trinajstić information content (AvgIpc) is 2.36. The lowest BCUT2D eigenvalue weighted by Gasteiger charge is -2.18. The van der Waals surface area contributed by atoms with Gasteiger partial charge in [0.05, 0.1) is 12.8 Å². The highest BCUT2D eigenvalue weighted by Crippen LogP contribution is 2.20. The maximum absolute atomic E-state index is 9.02. The summed E-state index contributed by atoms with van der Waals surface area (Å²) in [6.45, 7) is 4.13. The van der Waals surface area contributed by atoms with Crippen LogP contribution in [0.3, 0.4) is 0 Å². The summed E-state index contributed by atoms with van der Waals surface area (Å²) >= 11 is 0. The summed E-state index contributed by atoms with van der Waals surface area (Å²) in [5.74, 6) is 0. The van der Waals surface area contributed by atoms with Gasteiger partial charge in [-0.25, -0.2) is 0 Å². The summed E-state index contributed by atoms with van der Waals surface area (Å²) in [4.78, 5) is 0. The smallest absolute Gasteiger partial charge is 0.0527 e. The van der Waals surface area contributed by atoms with Crippen molar-refractivity contribution in [3.63, 3.8) is 0 Å². The van der Waals surface area contributed by atoms with E-state index < -0.39 is 0 Å². The van der Waals surface area contributed by atoms with Crippen LogP contribution in [0.5, 0.6) is 0 Å². The molecule has 62 valence electrons. The van der Waals surface area contributed by atoms with Crippen molar-refractivity contribution < 1.29 is 5.11 Å². The number of rotatable bonds is 2. The van der Waals surface area contributed by atoms with Crippen LogP contribution in [-0.4, -0.2) is 21.5 Å². The van der Waals surface area contributed by atoms with Gasteiger partial charge in [-0.1, -0.05) is 13.8 Å². The number of hydrogen-bond acceptors (Lipinski definition) is 2. The molecule has 1 N–H and O–H groups in total. The minimum absolute atomic E-state index is 0.151. The Labute approximate surface area is 66.7 Å². The Hall–Kier alpha value is -0.830. The van der Waals surface area contributed by atoms with Crippen molar-refractivity contribution in [2.75, 3.05) is 6.61 Å². The minimum Gasteiger partial charge on any atom is -0.395 e. The molecule has 0 atom stereocenters. The van der Waals surface area contributed by atoms with Crippen LogP contribution in [0.4, 0.5) is 0 Å². The van der Waals surface area contributed by atoms with Crippen molar-refractivity contribution in [3.05, 3.63) is 18.0 Å². The zero-order chi connectivity index (χ0) is 8.48. The van der Waals surface area contributed by atoms with Gasteiger partial charge in [-0.05, 0) is 5.56 Å². The maximum atomic E-state index is 9.02. The molecule has 0 fully saturated rings. The summed E-state index contributed by atoms with van der Waals surface area (Å²) in [5.41, 5.74) is 0.899. The monoisotopic (exact) mass is 154 g/mol. The van der Waals surface area contributed by atoms with E-state index in [0.29, 0.717) is 0 Å². The van der Waals surface area contributed by atoms with E-state index in [-0.39, 0.29) is 12.0 Å². The quantitative estimate of drug-likeness (QED) is 0.680. The van der Waals surface area contributed by atoms with Gasteiger partial charge in [0.15, 0.2) is 0 Å². The number of aryl methyl sites for hydroxylation is 1. The molecule has 1 rings (SSSR count). The molecule has 0 aromatic carbocycles. The topological polar surface area (TPSA) is 38.0 Å². The molecule has 0 unspecified atom stereocenters. The molecule has 0 aliphatic heterocycles. The van der Waals surface area contributed by atoms with Crippen molar-refractivity contribution in [3.8, 4) is 0 Å². The fraction of sp³-hybridized carbons (Fsp3) is 0.625. The molecule has 1 aromatic rings. The standard InChI is InChI=1S/C8H14N2O/c1-8(2,6-11)7-4-9-10(3)5-7/h4-5,11H,6H2,1-3H3. The van der Waals surface area contributed by atoms with Gasteiger partial charge in [0.1, 0.15) is 0 Å². The Morgan fingerprint density at radius 2 is 2.27 bits per heavy atom. The second-order valence-corrected chi connectivity index (χ2v) is 3.44. The third kappa shape index (κ3) is 1.60. The molecule has 11 heavy (non-hydrogen) atoms. The molecular formula is C8H14N2O. The normalized spacial score (nSPS) is 12.0. The molecule has 0 saturated carbocycles. The fourth-order valence-electron chi connectivity index (χ4n) is 0.862. The largest absolute Gasteiger partial charge is 0.395 e. The van der Waals surface area contributed by atoms with Gasteiger partial charge >= 0.3 is 0 Å². The Kier molecular flexibility index (Phi) is 2.00. The molecule has 0 amide bonds. The Bertz CT molecular complexity index is 240. The van der Waals surface area contributed by atoms with Gasteiger partial charge in [-0.15, -0.1) is 0 Å². The summed E-state index contributed by atoms with van der Waals surface area (Å²) < 4.78 is 1.74. The van der Waals surface area contributed by atoms with E-state index in [4.69, 9.17) is 5.11 Å². The SMILES string of the molecule is Cn1cc(C(C)(C)CO)cn1. The van der Waals surface area contributed by atoms with E-state index in [1.807, 2.05) is 27.1 Å². The fourth-order valence-corrected chi connectivity index (χ4v) is 0.862. The first-order valence-corrected chi connectivity index (χ1v) is 3.66. The number of aliphatic hydroxyl groups is 1. The Morgan fingerprint density at radius 3 is 2.64 bits per heavy atom. The van der Waals surface area contributed by atoms with Gasteiger partial charge in [0, 0.05) is 18.7 Å². The number of aromatic nitrogens is 2.